The van der Waals surface area contributed by atoms with Gasteiger partial charge < -0.3 is 9.47 Å². The van der Waals surface area contributed by atoms with Gasteiger partial charge in [0, 0.05) is 55.9 Å². The van der Waals surface area contributed by atoms with Gasteiger partial charge >= 0.3 is 0 Å². The van der Waals surface area contributed by atoms with Gasteiger partial charge in [0.1, 0.15) is 11.3 Å². The Morgan fingerprint density at radius 1 is 1.23 bits per heavy atom. The number of pyridine rings is 1. The fourth-order valence-corrected chi connectivity index (χ4v) is 2.53. The van der Waals surface area contributed by atoms with E-state index >= 15 is 0 Å². The number of hydrogen-bond acceptors (Lipinski definition) is 3. The van der Waals surface area contributed by atoms with Gasteiger partial charge in [0.15, 0.2) is 5.82 Å². The molecule has 4 nitrogen and oxygen atoms in total. The zero-order valence-electron chi connectivity index (χ0n) is 12.2. The van der Waals surface area contributed by atoms with Crippen molar-refractivity contribution in [1.29, 1.82) is 0 Å². The van der Waals surface area contributed by atoms with Gasteiger partial charge in [-0.3, -0.25) is 4.98 Å². The molecular weight excluding hydrogens is 286 g/mol. The zero-order chi connectivity index (χ0) is 15.5. The Kier molecular flexibility index (Phi) is 4.00. The highest BCUT2D eigenvalue weighted by Crippen LogP contribution is 2.27. The molecule has 6 heteroatoms. The Morgan fingerprint density at radius 3 is 2.86 bits per heavy atom. The van der Waals surface area contributed by atoms with Crippen molar-refractivity contribution in [3.05, 3.63) is 54.8 Å². The highest BCUT2D eigenvalue weighted by Gasteiger charge is 2.11. The van der Waals surface area contributed by atoms with Gasteiger partial charge in [0.25, 0.3) is 0 Å². The summed E-state index contributed by atoms with van der Waals surface area (Å²) in [6.07, 6.45) is 7.87. The van der Waals surface area contributed by atoms with Crippen LogP contribution < -0.4 is 4.90 Å². The van der Waals surface area contributed by atoms with Crippen molar-refractivity contribution < 1.29 is 8.78 Å². The van der Waals surface area contributed by atoms with Crippen molar-refractivity contribution in [1.82, 2.24) is 14.5 Å². The molecule has 0 aliphatic rings. The molecule has 3 rings (SSSR count). The lowest BCUT2D eigenvalue weighted by atomic mass is 10.1. The van der Waals surface area contributed by atoms with E-state index in [9.17, 15) is 8.78 Å². The number of hydrogen-bond donors (Lipinski definition) is 0. The zero-order valence-corrected chi connectivity index (χ0v) is 12.2. The van der Waals surface area contributed by atoms with E-state index in [0.717, 1.165) is 31.3 Å². The monoisotopic (exact) mass is 302 g/mol. The molecule has 0 saturated heterocycles. The molecule has 0 N–H and O–H groups in total. The van der Waals surface area contributed by atoms with Crippen molar-refractivity contribution in [2.24, 2.45) is 0 Å². The number of aryl methyl sites for hydroxylation is 1. The molecule has 0 amide bonds. The van der Waals surface area contributed by atoms with Crippen LogP contribution in [0.4, 0.5) is 14.5 Å². The van der Waals surface area contributed by atoms with E-state index in [2.05, 4.69) is 9.97 Å². The summed E-state index contributed by atoms with van der Waals surface area (Å²) in [6, 6.07) is 3.96. The third-order valence-electron chi connectivity index (χ3n) is 3.62. The molecule has 0 aliphatic carbocycles. The Hall–Kier alpha value is -2.50. The highest BCUT2D eigenvalue weighted by atomic mass is 19.1. The Bertz CT molecular complexity index is 771. The summed E-state index contributed by atoms with van der Waals surface area (Å²) < 4.78 is 29.3. The van der Waals surface area contributed by atoms with Crippen LogP contribution in [0.2, 0.25) is 0 Å². The summed E-state index contributed by atoms with van der Waals surface area (Å²) in [7, 11) is 1.91. The van der Waals surface area contributed by atoms with Gasteiger partial charge in [-0.15, -0.1) is 0 Å². The van der Waals surface area contributed by atoms with E-state index in [4.69, 9.17) is 0 Å². The van der Waals surface area contributed by atoms with Crippen LogP contribution >= 0.6 is 0 Å². The predicted octanol–water partition coefficient (Wildman–Crippen LogP) is 3.24. The quantitative estimate of drug-likeness (QED) is 0.725. The summed E-state index contributed by atoms with van der Waals surface area (Å²) in [6.45, 7) is 1.60. The normalized spacial score (nSPS) is 11.0. The molecule has 114 valence electrons. The Labute approximate surface area is 127 Å². The molecule has 0 saturated carbocycles. The summed E-state index contributed by atoms with van der Waals surface area (Å²) >= 11 is 0. The maximum Gasteiger partial charge on any atom is 0.152 e. The van der Waals surface area contributed by atoms with Crippen LogP contribution in [-0.4, -0.2) is 28.1 Å². The van der Waals surface area contributed by atoms with E-state index in [1.165, 1.54) is 6.07 Å². The summed E-state index contributed by atoms with van der Waals surface area (Å²) in [5.41, 5.74) is 0.967. The maximum atomic E-state index is 13.8. The largest absolute Gasteiger partial charge is 0.374 e. The lowest BCUT2D eigenvalue weighted by Gasteiger charge is -2.21. The number of aromatic nitrogens is 3. The lowest BCUT2D eigenvalue weighted by Crippen LogP contribution is -2.20. The average molecular weight is 302 g/mol. The van der Waals surface area contributed by atoms with Crippen LogP contribution in [0, 0.1) is 11.6 Å². The molecule has 1 aromatic carbocycles. The van der Waals surface area contributed by atoms with Gasteiger partial charge in [0.05, 0.1) is 6.33 Å². The van der Waals surface area contributed by atoms with Crippen molar-refractivity contribution in [2.45, 2.75) is 13.0 Å². The standard InChI is InChI=1S/C16H16F2N4/c1-21(6-2-7-22-8-5-19-11-22)15-3-4-20-16-13(15)9-12(17)10-14(16)18/h3-5,8-11H,2,6-7H2,1H3. The molecule has 0 atom stereocenters. The SMILES string of the molecule is CN(CCCn1ccnc1)c1ccnc2c(F)cc(F)cc12. The maximum absolute atomic E-state index is 13.8. The summed E-state index contributed by atoms with van der Waals surface area (Å²) in [5, 5.41) is 0.491. The van der Waals surface area contributed by atoms with E-state index in [1.807, 2.05) is 22.7 Å². The molecular formula is C16H16F2N4. The molecule has 3 aromatic rings. The van der Waals surface area contributed by atoms with Crippen molar-refractivity contribution >= 4 is 16.6 Å². The van der Waals surface area contributed by atoms with Crippen LogP contribution in [0.5, 0.6) is 0 Å². The molecule has 0 bridgehead atoms. The minimum absolute atomic E-state index is 0.195. The Morgan fingerprint density at radius 2 is 2.09 bits per heavy atom. The first-order chi connectivity index (χ1) is 10.6. The number of benzene rings is 1. The van der Waals surface area contributed by atoms with Gasteiger partial charge in [0.2, 0.25) is 0 Å². The second-order valence-corrected chi connectivity index (χ2v) is 5.19. The molecule has 0 unspecified atom stereocenters. The molecule has 0 spiro atoms. The highest BCUT2D eigenvalue weighted by molar-refractivity contribution is 5.91. The minimum Gasteiger partial charge on any atom is -0.374 e. The van der Waals surface area contributed by atoms with Crippen molar-refractivity contribution in [2.75, 3.05) is 18.5 Å². The predicted molar refractivity (Wildman–Crippen MR) is 81.8 cm³/mol. The van der Waals surface area contributed by atoms with Crippen LogP contribution in [-0.2, 0) is 6.54 Å². The van der Waals surface area contributed by atoms with Gasteiger partial charge in [-0.1, -0.05) is 0 Å². The van der Waals surface area contributed by atoms with E-state index in [0.29, 0.717) is 5.39 Å². The van der Waals surface area contributed by atoms with Crippen LogP contribution in [0.3, 0.4) is 0 Å². The van der Waals surface area contributed by atoms with Crippen LogP contribution in [0.15, 0.2) is 43.1 Å². The number of rotatable bonds is 5. The molecule has 2 aromatic heterocycles. The lowest BCUT2D eigenvalue weighted by molar-refractivity contribution is 0.590. The molecule has 0 radical (unpaired) electrons. The number of anilines is 1. The molecule has 0 aliphatic heterocycles. The topological polar surface area (TPSA) is 34.0 Å². The summed E-state index contributed by atoms with van der Waals surface area (Å²) in [5.74, 6) is -1.23. The number of nitrogens with zero attached hydrogens (tertiary/aromatic N) is 4. The van der Waals surface area contributed by atoms with Gasteiger partial charge in [-0.25, -0.2) is 13.8 Å². The fourth-order valence-electron chi connectivity index (χ4n) is 2.53. The van der Waals surface area contributed by atoms with E-state index in [1.54, 1.807) is 24.8 Å². The molecule has 22 heavy (non-hydrogen) atoms. The average Bonchev–Trinajstić information content (AvgIpc) is 2.99. The first-order valence-corrected chi connectivity index (χ1v) is 7.06. The van der Waals surface area contributed by atoms with E-state index < -0.39 is 11.6 Å². The second-order valence-electron chi connectivity index (χ2n) is 5.19. The van der Waals surface area contributed by atoms with Crippen molar-refractivity contribution in [3.8, 4) is 0 Å². The second kappa shape index (κ2) is 6.09. The number of halogens is 2. The van der Waals surface area contributed by atoms with Crippen LogP contribution in [0.1, 0.15) is 6.42 Å². The minimum atomic E-state index is -0.635. The first kappa shape index (κ1) is 14.4. The molecule has 0 fully saturated rings. The van der Waals surface area contributed by atoms with Gasteiger partial charge in [-0.05, 0) is 18.6 Å². The van der Waals surface area contributed by atoms with E-state index in [-0.39, 0.29) is 5.52 Å². The van der Waals surface area contributed by atoms with Gasteiger partial charge in [-0.2, -0.15) is 0 Å². The Balaban J connectivity index is 1.80. The third-order valence-corrected chi connectivity index (χ3v) is 3.62. The first-order valence-electron chi connectivity index (χ1n) is 7.06. The smallest absolute Gasteiger partial charge is 0.152 e. The third kappa shape index (κ3) is 2.90. The fraction of sp³-hybridized carbons (Fsp3) is 0.250. The van der Waals surface area contributed by atoms with Crippen LogP contribution in [0.25, 0.3) is 10.9 Å². The number of imidazole rings is 1. The number of fused-ring (bicyclic) bond motifs is 1. The molecule has 2 heterocycles. The summed E-state index contributed by atoms with van der Waals surface area (Å²) in [4.78, 5) is 9.99. The van der Waals surface area contributed by atoms with Crippen molar-refractivity contribution in [3.63, 3.8) is 0 Å².